The highest BCUT2D eigenvalue weighted by Gasteiger charge is 2.30. The first-order valence-corrected chi connectivity index (χ1v) is 8.17. The molecule has 1 aliphatic rings. The van der Waals surface area contributed by atoms with Crippen LogP contribution in [0.4, 0.5) is 0 Å². The van der Waals surface area contributed by atoms with Crippen LogP contribution < -0.4 is 5.73 Å². The molecule has 116 valence electrons. The van der Waals surface area contributed by atoms with Crippen LogP contribution in [0.1, 0.15) is 25.6 Å². The van der Waals surface area contributed by atoms with Crippen molar-refractivity contribution in [1.29, 1.82) is 0 Å². The van der Waals surface area contributed by atoms with E-state index in [-0.39, 0.29) is 17.4 Å². The van der Waals surface area contributed by atoms with Gasteiger partial charge in [-0.05, 0) is 39.2 Å². The zero-order valence-electron chi connectivity index (χ0n) is 11.9. The topological polar surface area (TPSA) is 81.2 Å². The average molecular weight is 323 g/mol. The first-order valence-electron chi connectivity index (χ1n) is 6.73. The number of hydrogen-bond acceptors (Lipinski definition) is 4. The van der Waals surface area contributed by atoms with Gasteiger partial charge in [0.1, 0.15) is 5.82 Å². The number of piperidine rings is 1. The molecule has 8 heteroatoms. The maximum absolute atomic E-state index is 12.5. The normalized spacial score (nSPS) is 17.9. The lowest BCUT2D eigenvalue weighted by Gasteiger charge is -2.29. The summed E-state index contributed by atoms with van der Waals surface area (Å²) in [4.78, 5) is 4.18. The molecular weight excluding hydrogens is 300 g/mol. The summed E-state index contributed by atoms with van der Waals surface area (Å²) in [5, 5.41) is 0.165. The quantitative estimate of drug-likeness (QED) is 0.896. The number of aromatic nitrogens is 2. The molecule has 1 aromatic rings. The molecule has 1 aromatic heterocycles. The lowest BCUT2D eigenvalue weighted by Crippen LogP contribution is -2.40. The van der Waals surface area contributed by atoms with Crippen molar-refractivity contribution in [3.63, 3.8) is 0 Å². The van der Waals surface area contributed by atoms with Gasteiger partial charge in [0.05, 0.1) is 0 Å². The summed E-state index contributed by atoms with van der Waals surface area (Å²) >= 11 is 0. The van der Waals surface area contributed by atoms with Gasteiger partial charge in [0, 0.05) is 25.8 Å². The largest absolute Gasteiger partial charge is 0.334 e. The van der Waals surface area contributed by atoms with Gasteiger partial charge in [-0.3, -0.25) is 0 Å². The standard InChI is InChI=1S/C12H22N4O2S.ClH/c1-3-15-9-12(14-10(15)2)19(17,18)16-6-4-11(8-13)5-7-16;/h9,11H,3-8,13H2,1-2H3;1H. The van der Waals surface area contributed by atoms with Crippen molar-refractivity contribution in [2.24, 2.45) is 11.7 Å². The Morgan fingerprint density at radius 3 is 2.45 bits per heavy atom. The number of nitrogens with two attached hydrogens (primary N) is 1. The molecule has 1 aliphatic heterocycles. The molecule has 1 fully saturated rings. The third-order valence-electron chi connectivity index (χ3n) is 3.81. The van der Waals surface area contributed by atoms with Crippen molar-refractivity contribution in [2.75, 3.05) is 19.6 Å². The van der Waals surface area contributed by atoms with E-state index >= 15 is 0 Å². The molecule has 2 N–H and O–H groups in total. The number of sulfonamides is 1. The van der Waals surface area contributed by atoms with Gasteiger partial charge in [-0.25, -0.2) is 13.4 Å². The average Bonchev–Trinajstić information content (AvgIpc) is 2.81. The Balaban J connectivity index is 0.00000200. The van der Waals surface area contributed by atoms with Crippen molar-refractivity contribution in [1.82, 2.24) is 13.9 Å². The van der Waals surface area contributed by atoms with E-state index in [1.165, 1.54) is 4.31 Å². The van der Waals surface area contributed by atoms with Crippen molar-refractivity contribution in [3.8, 4) is 0 Å². The second-order valence-corrected chi connectivity index (χ2v) is 6.88. The Labute approximate surface area is 126 Å². The fourth-order valence-corrected chi connectivity index (χ4v) is 3.91. The zero-order valence-corrected chi connectivity index (χ0v) is 13.6. The smallest absolute Gasteiger partial charge is 0.262 e. The number of nitrogens with zero attached hydrogens (tertiary/aromatic N) is 3. The summed E-state index contributed by atoms with van der Waals surface area (Å²) in [6, 6.07) is 0. The molecule has 0 atom stereocenters. The summed E-state index contributed by atoms with van der Waals surface area (Å²) in [5.41, 5.74) is 5.63. The van der Waals surface area contributed by atoms with Crippen LogP contribution in [0.25, 0.3) is 0 Å². The van der Waals surface area contributed by atoms with Gasteiger partial charge in [0.15, 0.2) is 5.03 Å². The zero-order chi connectivity index (χ0) is 14.0. The highest BCUT2D eigenvalue weighted by molar-refractivity contribution is 7.89. The third kappa shape index (κ3) is 3.33. The van der Waals surface area contributed by atoms with Crippen LogP contribution in [0, 0.1) is 12.8 Å². The lowest BCUT2D eigenvalue weighted by molar-refractivity contribution is 0.278. The highest BCUT2D eigenvalue weighted by Crippen LogP contribution is 2.22. The fourth-order valence-electron chi connectivity index (χ4n) is 2.44. The Bertz CT molecular complexity index is 536. The van der Waals surface area contributed by atoms with Gasteiger partial charge in [0.25, 0.3) is 10.0 Å². The predicted octanol–water partition coefficient (Wildman–Crippen LogP) is 0.993. The molecule has 0 bridgehead atoms. The first kappa shape index (κ1) is 17.4. The van der Waals surface area contributed by atoms with Gasteiger partial charge >= 0.3 is 0 Å². The second-order valence-electron chi connectivity index (χ2n) is 5.00. The lowest BCUT2D eigenvalue weighted by atomic mass is 9.99. The molecule has 0 radical (unpaired) electrons. The Morgan fingerprint density at radius 1 is 1.40 bits per heavy atom. The molecule has 1 saturated heterocycles. The number of aryl methyl sites for hydroxylation is 2. The number of hydrogen-bond donors (Lipinski definition) is 1. The summed E-state index contributed by atoms with van der Waals surface area (Å²) < 4.78 is 28.3. The molecule has 0 aliphatic carbocycles. The monoisotopic (exact) mass is 322 g/mol. The van der Waals surface area contributed by atoms with E-state index in [2.05, 4.69) is 4.98 Å². The van der Waals surface area contributed by atoms with Crippen LogP contribution >= 0.6 is 12.4 Å². The van der Waals surface area contributed by atoms with Gasteiger partial charge in [-0.1, -0.05) is 0 Å². The summed E-state index contributed by atoms with van der Waals surface area (Å²) in [6.45, 7) is 6.24. The molecule has 2 heterocycles. The molecule has 2 rings (SSSR count). The second kappa shape index (κ2) is 6.89. The van der Waals surface area contributed by atoms with E-state index < -0.39 is 10.0 Å². The Kier molecular flexibility index (Phi) is 6.00. The molecule has 6 nitrogen and oxygen atoms in total. The first-order chi connectivity index (χ1) is 8.98. The Morgan fingerprint density at radius 2 is 2.00 bits per heavy atom. The van der Waals surface area contributed by atoms with E-state index in [1.807, 2.05) is 18.4 Å². The van der Waals surface area contributed by atoms with E-state index in [0.29, 0.717) is 25.6 Å². The van der Waals surface area contributed by atoms with Gasteiger partial charge in [-0.2, -0.15) is 4.31 Å². The van der Waals surface area contributed by atoms with Gasteiger partial charge in [-0.15, -0.1) is 12.4 Å². The number of imidazole rings is 1. The third-order valence-corrected chi connectivity index (χ3v) is 5.58. The minimum atomic E-state index is -3.44. The minimum Gasteiger partial charge on any atom is -0.334 e. The van der Waals surface area contributed by atoms with E-state index in [1.54, 1.807) is 6.20 Å². The predicted molar refractivity (Wildman–Crippen MR) is 80.4 cm³/mol. The van der Waals surface area contributed by atoms with Crippen LogP contribution in [0.15, 0.2) is 11.2 Å². The highest BCUT2D eigenvalue weighted by atomic mass is 35.5. The van der Waals surface area contributed by atoms with Gasteiger partial charge < -0.3 is 10.3 Å². The molecule has 0 unspecified atom stereocenters. The Hall–Kier alpha value is -0.630. The molecule has 0 amide bonds. The summed E-state index contributed by atoms with van der Waals surface area (Å²) in [5.74, 6) is 1.18. The molecule has 20 heavy (non-hydrogen) atoms. The van der Waals surface area contributed by atoms with Crippen molar-refractivity contribution in [3.05, 3.63) is 12.0 Å². The van der Waals surface area contributed by atoms with Crippen LogP contribution in [-0.2, 0) is 16.6 Å². The molecule has 0 aromatic carbocycles. The van der Waals surface area contributed by atoms with Crippen LogP contribution in [-0.4, -0.2) is 41.9 Å². The van der Waals surface area contributed by atoms with Crippen LogP contribution in [0.5, 0.6) is 0 Å². The summed E-state index contributed by atoms with van der Waals surface area (Å²) in [7, 11) is -3.44. The molecule has 0 saturated carbocycles. The van der Waals surface area contributed by atoms with E-state index in [4.69, 9.17) is 5.73 Å². The van der Waals surface area contributed by atoms with Crippen molar-refractivity contribution in [2.45, 2.75) is 38.3 Å². The molecular formula is C12H23ClN4O2S. The van der Waals surface area contributed by atoms with E-state index in [0.717, 1.165) is 25.2 Å². The minimum absolute atomic E-state index is 0. The number of halogens is 1. The van der Waals surface area contributed by atoms with E-state index in [9.17, 15) is 8.42 Å². The molecule has 0 spiro atoms. The van der Waals surface area contributed by atoms with Crippen molar-refractivity contribution >= 4 is 22.4 Å². The fraction of sp³-hybridized carbons (Fsp3) is 0.750. The van der Waals surface area contributed by atoms with Crippen LogP contribution in [0.3, 0.4) is 0 Å². The van der Waals surface area contributed by atoms with Gasteiger partial charge in [0.2, 0.25) is 0 Å². The van der Waals surface area contributed by atoms with Crippen LogP contribution in [0.2, 0.25) is 0 Å². The maximum Gasteiger partial charge on any atom is 0.262 e. The number of rotatable bonds is 4. The SMILES string of the molecule is CCn1cc(S(=O)(=O)N2CCC(CN)CC2)nc1C.Cl. The summed E-state index contributed by atoms with van der Waals surface area (Å²) in [6.07, 6.45) is 3.30. The maximum atomic E-state index is 12.5. The van der Waals surface area contributed by atoms with Crippen molar-refractivity contribution < 1.29 is 8.42 Å².